The minimum atomic E-state index is -0.700. The number of aromatic nitrogens is 3. The molecule has 0 spiro atoms. The third-order valence-corrected chi connectivity index (χ3v) is 2.24. The Morgan fingerprint density at radius 2 is 2.16 bits per heavy atom. The van der Waals surface area contributed by atoms with Crippen molar-refractivity contribution >= 4 is 11.9 Å². The van der Waals surface area contributed by atoms with Gasteiger partial charge < -0.3 is 9.84 Å². The van der Waals surface area contributed by atoms with Gasteiger partial charge in [-0.25, -0.2) is 4.68 Å². The highest BCUT2D eigenvalue weighted by Crippen LogP contribution is 2.36. The van der Waals surface area contributed by atoms with Crippen molar-refractivity contribution < 1.29 is 14.8 Å². The second-order valence-electron chi connectivity index (χ2n) is 3.43. The molecule has 0 atom stereocenters. The van der Waals surface area contributed by atoms with Gasteiger partial charge in [0.2, 0.25) is 5.75 Å². The van der Waals surface area contributed by atoms with E-state index in [1.54, 1.807) is 0 Å². The molecule has 98 valence electrons. The molecule has 0 bridgehead atoms. The minimum Gasteiger partial charge on any atom is -0.500 e. The molecule has 0 fully saturated rings. The Balaban J connectivity index is 2.41. The molecule has 1 aromatic carbocycles. The molecule has 1 heterocycles. The molecule has 2 rings (SSSR count). The molecular formula is C10H9N5O4. The fourth-order valence-electron chi connectivity index (χ4n) is 1.37. The number of nitrogens with zero attached hydrogens (tertiary/aromatic N) is 5. The van der Waals surface area contributed by atoms with Crippen LogP contribution in [0.25, 0.3) is 0 Å². The van der Waals surface area contributed by atoms with Crippen LogP contribution >= 0.6 is 0 Å². The smallest absolute Gasteiger partial charge is 0.315 e. The van der Waals surface area contributed by atoms with Gasteiger partial charge in [-0.2, -0.15) is 5.10 Å². The van der Waals surface area contributed by atoms with E-state index in [1.165, 1.54) is 42.8 Å². The van der Waals surface area contributed by atoms with E-state index in [9.17, 15) is 15.2 Å². The third-order valence-electron chi connectivity index (χ3n) is 2.24. The molecule has 0 aliphatic heterocycles. The van der Waals surface area contributed by atoms with Gasteiger partial charge in [0.25, 0.3) is 0 Å². The van der Waals surface area contributed by atoms with Crippen molar-refractivity contribution in [2.24, 2.45) is 5.10 Å². The van der Waals surface area contributed by atoms with Gasteiger partial charge in [0, 0.05) is 11.6 Å². The van der Waals surface area contributed by atoms with Crippen LogP contribution in [0.5, 0.6) is 11.5 Å². The molecule has 1 N–H and O–H groups in total. The maximum Gasteiger partial charge on any atom is 0.315 e. The Bertz CT molecular complexity index is 623. The van der Waals surface area contributed by atoms with Crippen LogP contribution in [0.4, 0.5) is 5.69 Å². The molecule has 0 unspecified atom stereocenters. The quantitative estimate of drug-likeness (QED) is 0.495. The molecule has 0 radical (unpaired) electrons. The fraction of sp³-hybridized carbons (Fsp3) is 0.100. The van der Waals surface area contributed by atoms with E-state index < -0.39 is 16.4 Å². The Morgan fingerprint density at radius 3 is 2.74 bits per heavy atom. The summed E-state index contributed by atoms with van der Waals surface area (Å²) in [5.41, 5.74) is -0.0559. The molecule has 0 amide bonds. The van der Waals surface area contributed by atoms with Gasteiger partial charge in [0.1, 0.15) is 12.7 Å². The Labute approximate surface area is 106 Å². The van der Waals surface area contributed by atoms with Crippen molar-refractivity contribution in [2.75, 3.05) is 7.11 Å². The topological polar surface area (TPSA) is 116 Å². The third kappa shape index (κ3) is 2.65. The van der Waals surface area contributed by atoms with Crippen LogP contribution in [0, 0.1) is 10.1 Å². The lowest BCUT2D eigenvalue weighted by atomic mass is 10.2. The maximum absolute atomic E-state index is 10.8. The zero-order valence-electron chi connectivity index (χ0n) is 9.79. The Morgan fingerprint density at radius 1 is 1.47 bits per heavy atom. The van der Waals surface area contributed by atoms with E-state index in [1.807, 2.05) is 0 Å². The second-order valence-corrected chi connectivity index (χ2v) is 3.43. The number of benzene rings is 1. The van der Waals surface area contributed by atoms with E-state index in [4.69, 9.17) is 4.74 Å². The summed E-state index contributed by atoms with van der Waals surface area (Å²) in [5, 5.41) is 31.5. The van der Waals surface area contributed by atoms with Crippen LogP contribution in [0.1, 0.15) is 5.56 Å². The highest BCUT2D eigenvalue weighted by molar-refractivity contribution is 5.83. The number of methoxy groups -OCH3 is 1. The lowest BCUT2D eigenvalue weighted by Gasteiger charge is -2.04. The van der Waals surface area contributed by atoms with Gasteiger partial charge >= 0.3 is 5.69 Å². The van der Waals surface area contributed by atoms with Gasteiger partial charge in [-0.05, 0) is 6.07 Å². The number of phenolic OH excluding ortho intramolecular Hbond substituents is 1. The van der Waals surface area contributed by atoms with E-state index in [2.05, 4.69) is 15.3 Å². The van der Waals surface area contributed by atoms with Crippen molar-refractivity contribution in [3.63, 3.8) is 0 Å². The van der Waals surface area contributed by atoms with Gasteiger partial charge in [-0.15, -0.1) is 10.2 Å². The molecule has 19 heavy (non-hydrogen) atoms. The summed E-state index contributed by atoms with van der Waals surface area (Å²) in [6.45, 7) is 0. The first-order valence-corrected chi connectivity index (χ1v) is 5.06. The zero-order chi connectivity index (χ0) is 13.8. The Hall–Kier alpha value is -2.97. The molecule has 9 heteroatoms. The normalized spacial score (nSPS) is 10.8. The van der Waals surface area contributed by atoms with Crippen molar-refractivity contribution in [1.29, 1.82) is 0 Å². The SMILES string of the molecule is COc1cc(C=Nn2cnnc2)cc([N+](=O)[O-])c1O. The first kappa shape index (κ1) is 12.5. The lowest BCUT2D eigenvalue weighted by Crippen LogP contribution is -1.95. The predicted molar refractivity (Wildman–Crippen MR) is 64.3 cm³/mol. The lowest BCUT2D eigenvalue weighted by molar-refractivity contribution is -0.386. The highest BCUT2D eigenvalue weighted by atomic mass is 16.6. The van der Waals surface area contributed by atoms with Crippen LogP contribution in [0.2, 0.25) is 0 Å². The standard InChI is InChI=1S/C10H9N5O4/c1-19-9-3-7(2-8(10(9)16)15(17)18)4-13-14-5-11-12-6-14/h2-6,16H,1H3. The minimum absolute atomic E-state index is 0.000550. The summed E-state index contributed by atoms with van der Waals surface area (Å²) in [4.78, 5) is 10.1. The number of nitro benzene ring substituents is 1. The van der Waals surface area contributed by atoms with Crippen molar-refractivity contribution in [1.82, 2.24) is 14.9 Å². The molecular weight excluding hydrogens is 254 g/mol. The monoisotopic (exact) mass is 263 g/mol. The molecule has 0 aliphatic carbocycles. The number of rotatable bonds is 4. The van der Waals surface area contributed by atoms with Gasteiger partial charge in [-0.3, -0.25) is 10.1 Å². The van der Waals surface area contributed by atoms with Crippen LogP contribution < -0.4 is 4.74 Å². The van der Waals surface area contributed by atoms with E-state index in [0.717, 1.165) is 0 Å². The average molecular weight is 263 g/mol. The number of hydrogen-bond acceptors (Lipinski definition) is 7. The first-order valence-electron chi connectivity index (χ1n) is 5.06. The molecule has 1 aromatic heterocycles. The van der Waals surface area contributed by atoms with E-state index >= 15 is 0 Å². The van der Waals surface area contributed by atoms with Crippen LogP contribution in [0.15, 0.2) is 29.9 Å². The molecule has 0 aliphatic rings. The summed E-state index contributed by atoms with van der Waals surface area (Å²) in [7, 11) is 1.31. The average Bonchev–Trinajstić information content (AvgIpc) is 2.90. The van der Waals surface area contributed by atoms with Crippen LogP contribution in [-0.4, -0.2) is 38.2 Å². The molecule has 9 nitrogen and oxygen atoms in total. The summed E-state index contributed by atoms with van der Waals surface area (Å²) >= 11 is 0. The summed E-state index contributed by atoms with van der Waals surface area (Å²) in [5.74, 6) is -0.520. The van der Waals surface area contributed by atoms with Gasteiger partial charge in [0.05, 0.1) is 18.2 Å². The Kier molecular flexibility index (Phi) is 3.37. The van der Waals surface area contributed by atoms with Gasteiger partial charge in [0.15, 0.2) is 5.75 Å². The summed E-state index contributed by atoms with van der Waals surface area (Å²) in [6, 6.07) is 2.61. The maximum atomic E-state index is 10.8. The highest BCUT2D eigenvalue weighted by Gasteiger charge is 2.19. The van der Waals surface area contributed by atoms with Crippen molar-refractivity contribution in [2.45, 2.75) is 0 Å². The largest absolute Gasteiger partial charge is 0.500 e. The summed E-state index contributed by atoms with van der Waals surface area (Å²) < 4.78 is 6.19. The first-order chi connectivity index (χ1) is 9.11. The molecule has 2 aromatic rings. The number of hydrogen-bond donors (Lipinski definition) is 1. The molecule has 0 saturated heterocycles. The summed E-state index contributed by atoms with van der Waals surface area (Å²) in [6.07, 6.45) is 4.09. The van der Waals surface area contributed by atoms with Crippen molar-refractivity contribution in [3.05, 3.63) is 40.5 Å². The zero-order valence-corrected chi connectivity index (χ0v) is 9.79. The van der Waals surface area contributed by atoms with Crippen LogP contribution in [-0.2, 0) is 0 Å². The van der Waals surface area contributed by atoms with Crippen molar-refractivity contribution in [3.8, 4) is 11.5 Å². The number of aromatic hydroxyl groups is 1. The second kappa shape index (κ2) is 5.12. The number of ether oxygens (including phenoxy) is 1. The van der Waals surface area contributed by atoms with E-state index in [-0.39, 0.29) is 5.75 Å². The van der Waals surface area contributed by atoms with E-state index in [0.29, 0.717) is 5.56 Å². The van der Waals surface area contributed by atoms with Gasteiger partial charge in [-0.1, -0.05) is 0 Å². The van der Waals surface area contributed by atoms with Crippen LogP contribution in [0.3, 0.4) is 0 Å². The number of phenols is 1. The molecule has 0 saturated carbocycles. The predicted octanol–water partition coefficient (Wildman–Crippen LogP) is 0.783. The number of nitro groups is 1. The fourth-order valence-corrected chi connectivity index (χ4v) is 1.37.